The summed E-state index contributed by atoms with van der Waals surface area (Å²) in [5, 5.41) is 0. The number of hydrogen-bond acceptors (Lipinski definition) is 4. The molecule has 4 aliphatic carbocycles. The minimum Gasteiger partial charge on any atom is -0.461 e. The summed E-state index contributed by atoms with van der Waals surface area (Å²) in [4.78, 5) is 23.2. The molecule has 0 aromatic heterocycles. The van der Waals surface area contributed by atoms with Gasteiger partial charge in [-0.3, -0.25) is 4.79 Å². The molecule has 4 aliphatic rings. The smallest absolute Gasteiger partial charge is 0.337 e. The van der Waals surface area contributed by atoms with Crippen molar-refractivity contribution in [3.8, 4) is 0 Å². The quantitative estimate of drug-likeness (QED) is 0.573. The zero-order valence-corrected chi connectivity index (χ0v) is 14.5. The van der Waals surface area contributed by atoms with Gasteiger partial charge in [0.2, 0.25) is 0 Å². The van der Waals surface area contributed by atoms with Gasteiger partial charge in [-0.2, -0.15) is 0 Å². The van der Waals surface area contributed by atoms with Crippen LogP contribution in [0.1, 0.15) is 59.3 Å². The Morgan fingerprint density at radius 3 is 2.00 bits per heavy atom. The van der Waals surface area contributed by atoms with Gasteiger partial charge in [0.1, 0.15) is 12.2 Å². The van der Waals surface area contributed by atoms with E-state index in [1.807, 2.05) is 0 Å². The number of rotatable bonds is 5. The summed E-state index contributed by atoms with van der Waals surface area (Å²) in [5.74, 6) is 1.57. The third-order valence-electron chi connectivity index (χ3n) is 6.40. The van der Waals surface area contributed by atoms with Crippen molar-refractivity contribution < 1.29 is 19.1 Å². The first-order valence-electron chi connectivity index (χ1n) is 8.75. The van der Waals surface area contributed by atoms with Gasteiger partial charge < -0.3 is 9.47 Å². The van der Waals surface area contributed by atoms with Crippen molar-refractivity contribution in [3.05, 3.63) is 12.2 Å². The van der Waals surface area contributed by atoms with Gasteiger partial charge >= 0.3 is 11.9 Å². The highest BCUT2D eigenvalue weighted by atomic mass is 16.6. The zero-order chi connectivity index (χ0) is 16.8. The topological polar surface area (TPSA) is 52.6 Å². The summed E-state index contributed by atoms with van der Waals surface area (Å²) in [7, 11) is 0. The molecule has 0 heterocycles. The maximum atomic E-state index is 12.4. The summed E-state index contributed by atoms with van der Waals surface area (Å²) in [5.41, 5.74) is -0.184. The van der Waals surface area contributed by atoms with Crippen molar-refractivity contribution in [2.24, 2.45) is 23.2 Å². The minimum atomic E-state index is -0.501. The molecule has 0 radical (unpaired) electrons. The van der Waals surface area contributed by atoms with Crippen LogP contribution >= 0.6 is 0 Å². The van der Waals surface area contributed by atoms with E-state index < -0.39 is 17.5 Å². The van der Waals surface area contributed by atoms with E-state index in [0.29, 0.717) is 0 Å². The molecule has 0 aromatic rings. The Hall–Kier alpha value is -1.32. The third kappa shape index (κ3) is 3.05. The Labute approximate surface area is 138 Å². The van der Waals surface area contributed by atoms with Gasteiger partial charge in [0.05, 0.1) is 5.57 Å². The third-order valence-corrected chi connectivity index (χ3v) is 6.40. The first kappa shape index (κ1) is 16.5. The van der Waals surface area contributed by atoms with Crippen molar-refractivity contribution in [1.82, 2.24) is 0 Å². The Balaban J connectivity index is 1.68. The maximum absolute atomic E-state index is 12.4. The second-order valence-corrected chi connectivity index (χ2v) is 8.48. The predicted octanol–water partition coefficient (Wildman–Crippen LogP) is 3.64. The van der Waals surface area contributed by atoms with Crippen LogP contribution in [-0.2, 0) is 19.1 Å². The fourth-order valence-electron chi connectivity index (χ4n) is 5.51. The van der Waals surface area contributed by atoms with Gasteiger partial charge in [-0.05, 0) is 70.1 Å². The van der Waals surface area contributed by atoms with Crippen LogP contribution in [0.5, 0.6) is 0 Å². The van der Waals surface area contributed by atoms with E-state index in [-0.39, 0.29) is 17.6 Å². The van der Waals surface area contributed by atoms with Crippen LogP contribution < -0.4 is 0 Å². The van der Waals surface area contributed by atoms with Crippen molar-refractivity contribution in [2.45, 2.75) is 64.9 Å². The lowest BCUT2D eigenvalue weighted by Gasteiger charge is -2.61. The standard InChI is InChI=1S/C19H28O4/c1-12(11-22-13(2)20)17(21)23-18(3,4)19-8-14-5-15(9-19)7-16(6-14)10-19/h14-16H,1,5-11H2,2-4H3. The molecule has 23 heavy (non-hydrogen) atoms. The normalized spacial score (nSPS) is 35.0. The van der Waals surface area contributed by atoms with Crippen LogP contribution in [0.3, 0.4) is 0 Å². The molecule has 4 nitrogen and oxygen atoms in total. The molecule has 0 aliphatic heterocycles. The second-order valence-electron chi connectivity index (χ2n) is 8.48. The van der Waals surface area contributed by atoms with Gasteiger partial charge in [0.25, 0.3) is 0 Å². The molecule has 4 heteroatoms. The first-order chi connectivity index (χ1) is 10.7. The van der Waals surface area contributed by atoms with Crippen molar-refractivity contribution >= 4 is 11.9 Å². The van der Waals surface area contributed by atoms with Crippen LogP contribution in [0.4, 0.5) is 0 Å². The largest absolute Gasteiger partial charge is 0.461 e. The molecule has 4 rings (SSSR count). The van der Waals surface area contributed by atoms with Gasteiger partial charge in [-0.25, -0.2) is 4.79 Å². The van der Waals surface area contributed by atoms with E-state index in [2.05, 4.69) is 20.4 Å². The Kier molecular flexibility index (Phi) is 4.06. The van der Waals surface area contributed by atoms with Crippen LogP contribution in [0.2, 0.25) is 0 Å². The molecule has 0 saturated heterocycles. The molecule has 0 amide bonds. The summed E-state index contributed by atoms with van der Waals surface area (Å²) in [6, 6.07) is 0. The number of hydrogen-bond donors (Lipinski definition) is 0. The molecule has 0 atom stereocenters. The van der Waals surface area contributed by atoms with Gasteiger partial charge in [-0.1, -0.05) is 6.58 Å². The van der Waals surface area contributed by atoms with Gasteiger partial charge in [-0.15, -0.1) is 0 Å². The predicted molar refractivity (Wildman–Crippen MR) is 86.5 cm³/mol. The molecule has 4 saturated carbocycles. The highest BCUT2D eigenvalue weighted by molar-refractivity contribution is 5.88. The molecular weight excluding hydrogens is 292 g/mol. The van der Waals surface area contributed by atoms with E-state index >= 15 is 0 Å². The first-order valence-corrected chi connectivity index (χ1v) is 8.75. The number of carbonyl (C=O) groups excluding carboxylic acids is 2. The lowest BCUT2D eigenvalue weighted by molar-refractivity contribution is -0.195. The van der Waals surface area contributed by atoms with Gasteiger partial charge in [0, 0.05) is 12.3 Å². The van der Waals surface area contributed by atoms with Crippen LogP contribution in [0.25, 0.3) is 0 Å². The Morgan fingerprint density at radius 2 is 1.57 bits per heavy atom. The molecule has 0 N–H and O–H groups in total. The van der Waals surface area contributed by atoms with E-state index in [0.717, 1.165) is 17.8 Å². The lowest BCUT2D eigenvalue weighted by atomic mass is 9.46. The molecule has 0 aromatic carbocycles. The second kappa shape index (κ2) is 5.64. The summed E-state index contributed by atoms with van der Waals surface area (Å²) in [6.07, 6.45) is 7.62. The Morgan fingerprint density at radius 1 is 1.09 bits per heavy atom. The molecule has 0 unspecified atom stereocenters. The van der Waals surface area contributed by atoms with Crippen molar-refractivity contribution in [2.75, 3.05) is 6.61 Å². The van der Waals surface area contributed by atoms with E-state index in [4.69, 9.17) is 9.47 Å². The van der Waals surface area contributed by atoms with E-state index in [1.165, 1.54) is 45.4 Å². The van der Waals surface area contributed by atoms with Crippen molar-refractivity contribution in [1.29, 1.82) is 0 Å². The maximum Gasteiger partial charge on any atom is 0.337 e. The fourth-order valence-corrected chi connectivity index (χ4v) is 5.51. The lowest BCUT2D eigenvalue weighted by Crippen LogP contribution is -2.57. The number of ether oxygens (including phenoxy) is 2. The molecule has 0 spiro atoms. The van der Waals surface area contributed by atoms with E-state index in [9.17, 15) is 9.59 Å². The summed E-state index contributed by atoms with van der Waals surface area (Å²) in [6.45, 7) is 9.04. The molecule has 128 valence electrons. The average molecular weight is 320 g/mol. The number of esters is 2. The Bertz CT molecular complexity index is 496. The zero-order valence-electron chi connectivity index (χ0n) is 14.5. The minimum absolute atomic E-state index is 0.0921. The summed E-state index contributed by atoms with van der Waals surface area (Å²) < 4.78 is 10.7. The monoisotopic (exact) mass is 320 g/mol. The fraction of sp³-hybridized carbons (Fsp3) is 0.789. The number of carbonyl (C=O) groups is 2. The van der Waals surface area contributed by atoms with Crippen LogP contribution in [0, 0.1) is 23.2 Å². The molecular formula is C19H28O4. The van der Waals surface area contributed by atoms with E-state index in [1.54, 1.807) is 0 Å². The molecule has 4 fully saturated rings. The van der Waals surface area contributed by atoms with Gasteiger partial charge in [0.15, 0.2) is 0 Å². The molecule has 4 bridgehead atoms. The van der Waals surface area contributed by atoms with Crippen LogP contribution in [0.15, 0.2) is 12.2 Å². The average Bonchev–Trinajstić information content (AvgIpc) is 2.42. The summed E-state index contributed by atoms with van der Waals surface area (Å²) >= 11 is 0. The van der Waals surface area contributed by atoms with Crippen LogP contribution in [-0.4, -0.2) is 24.1 Å². The highest BCUT2D eigenvalue weighted by Gasteiger charge is 2.58. The highest BCUT2D eigenvalue weighted by Crippen LogP contribution is 2.64. The SMILES string of the molecule is C=C(COC(C)=O)C(=O)OC(C)(C)C12CC3CC(CC(C3)C1)C2. The van der Waals surface area contributed by atoms with Crippen molar-refractivity contribution in [3.63, 3.8) is 0 Å².